The van der Waals surface area contributed by atoms with E-state index in [1.54, 1.807) is 0 Å². The van der Waals surface area contributed by atoms with E-state index >= 15 is 0 Å². The minimum atomic E-state index is -3.72. The van der Waals surface area contributed by atoms with Gasteiger partial charge in [0.1, 0.15) is 5.82 Å². The highest BCUT2D eigenvalue weighted by molar-refractivity contribution is 7.89. The zero-order valence-corrected chi connectivity index (χ0v) is 12.2. The first-order valence-corrected chi connectivity index (χ1v) is 8.45. The molecule has 0 heterocycles. The van der Waals surface area contributed by atoms with E-state index in [2.05, 4.69) is 4.72 Å². The van der Waals surface area contributed by atoms with E-state index in [1.807, 2.05) is 0 Å². The van der Waals surface area contributed by atoms with Gasteiger partial charge in [0.25, 0.3) is 0 Å². The van der Waals surface area contributed by atoms with E-state index in [9.17, 15) is 12.8 Å². The summed E-state index contributed by atoms with van der Waals surface area (Å²) in [7, 11) is -3.72. The summed E-state index contributed by atoms with van der Waals surface area (Å²) in [6.07, 6.45) is 4.31. The van der Waals surface area contributed by atoms with Crippen molar-refractivity contribution in [3.8, 4) is 0 Å². The predicted octanol–water partition coefficient (Wildman–Crippen LogP) is 2.18. The average molecular weight is 298 g/mol. The van der Waals surface area contributed by atoms with Crippen molar-refractivity contribution in [2.45, 2.75) is 43.5 Å². The van der Waals surface area contributed by atoms with Crippen molar-refractivity contribution in [2.75, 3.05) is 5.73 Å². The molecular weight excluding hydrogens is 279 g/mol. The maximum absolute atomic E-state index is 13.7. The summed E-state index contributed by atoms with van der Waals surface area (Å²) in [5.74, 6) is 0.312. The number of anilines is 1. The van der Waals surface area contributed by atoms with Crippen LogP contribution in [-0.2, 0) is 10.0 Å². The van der Waals surface area contributed by atoms with E-state index in [4.69, 9.17) is 5.73 Å². The molecule has 2 aliphatic rings. The Balaban J connectivity index is 1.91. The number of nitrogen functional groups attached to an aromatic ring is 1. The van der Waals surface area contributed by atoms with Gasteiger partial charge in [-0.25, -0.2) is 17.5 Å². The van der Waals surface area contributed by atoms with Gasteiger partial charge in [-0.2, -0.15) is 0 Å². The van der Waals surface area contributed by atoms with Crippen LogP contribution in [0.5, 0.6) is 0 Å². The van der Waals surface area contributed by atoms with Gasteiger partial charge in [-0.05, 0) is 56.6 Å². The van der Waals surface area contributed by atoms with Gasteiger partial charge in [0.15, 0.2) is 0 Å². The molecule has 0 aromatic heterocycles. The summed E-state index contributed by atoms with van der Waals surface area (Å²) < 4.78 is 41.5. The fourth-order valence-corrected chi connectivity index (χ4v) is 4.35. The van der Waals surface area contributed by atoms with E-state index in [-0.39, 0.29) is 22.2 Å². The van der Waals surface area contributed by atoms with Crippen molar-refractivity contribution in [1.29, 1.82) is 0 Å². The molecule has 0 bridgehead atoms. The highest BCUT2D eigenvalue weighted by atomic mass is 32.2. The Kier molecular flexibility index (Phi) is 3.25. The monoisotopic (exact) mass is 298 g/mol. The zero-order chi connectivity index (χ0) is 14.5. The van der Waals surface area contributed by atoms with Gasteiger partial charge in [0.2, 0.25) is 10.0 Å². The number of benzene rings is 1. The van der Waals surface area contributed by atoms with Gasteiger partial charge in [-0.15, -0.1) is 0 Å². The third kappa shape index (κ3) is 2.67. The Morgan fingerprint density at radius 1 is 1.25 bits per heavy atom. The number of sulfonamides is 1. The standard InChI is InChI=1S/C14H19FN2O2S/c1-8-12(15)6-11(16)7-13(8)20(18,19)17-14(9-2-3-9)10-4-5-10/h6-7,9-10,14,17H,2-5,16H2,1H3. The number of halogens is 1. The second-order valence-corrected chi connectivity index (χ2v) is 7.63. The molecule has 0 aliphatic heterocycles. The Labute approximate surface area is 118 Å². The molecule has 3 rings (SSSR count). The van der Waals surface area contributed by atoms with Gasteiger partial charge in [-0.1, -0.05) is 0 Å². The number of nitrogens with one attached hydrogen (secondary N) is 1. The molecular formula is C14H19FN2O2S. The van der Waals surface area contributed by atoms with E-state index in [0.717, 1.165) is 31.7 Å². The summed E-state index contributed by atoms with van der Waals surface area (Å²) in [5.41, 5.74) is 5.82. The van der Waals surface area contributed by atoms with Crippen LogP contribution in [-0.4, -0.2) is 14.5 Å². The molecule has 2 aliphatic carbocycles. The molecule has 0 radical (unpaired) electrons. The molecule has 2 saturated carbocycles. The van der Waals surface area contributed by atoms with Gasteiger partial charge in [0, 0.05) is 17.3 Å². The highest BCUT2D eigenvalue weighted by Gasteiger charge is 2.43. The highest BCUT2D eigenvalue weighted by Crippen LogP contribution is 2.45. The number of hydrogen-bond acceptors (Lipinski definition) is 3. The summed E-state index contributed by atoms with van der Waals surface area (Å²) in [5, 5.41) is 0. The van der Waals surface area contributed by atoms with Crippen LogP contribution in [0.2, 0.25) is 0 Å². The van der Waals surface area contributed by atoms with Crippen LogP contribution >= 0.6 is 0 Å². The van der Waals surface area contributed by atoms with Crippen LogP contribution in [0.1, 0.15) is 31.2 Å². The minimum Gasteiger partial charge on any atom is -0.399 e. The van der Waals surface area contributed by atoms with Gasteiger partial charge >= 0.3 is 0 Å². The molecule has 20 heavy (non-hydrogen) atoms. The Bertz CT molecular complexity index is 625. The molecule has 0 atom stereocenters. The normalized spacial score (nSPS) is 19.6. The van der Waals surface area contributed by atoms with Gasteiger partial charge in [-0.3, -0.25) is 0 Å². The molecule has 0 spiro atoms. The lowest BCUT2D eigenvalue weighted by atomic mass is 10.1. The van der Waals surface area contributed by atoms with Crippen LogP contribution < -0.4 is 10.5 Å². The maximum atomic E-state index is 13.7. The number of nitrogens with two attached hydrogens (primary N) is 1. The summed E-state index contributed by atoms with van der Waals surface area (Å²) in [6.45, 7) is 1.46. The maximum Gasteiger partial charge on any atom is 0.241 e. The molecule has 0 unspecified atom stereocenters. The SMILES string of the molecule is Cc1c(F)cc(N)cc1S(=O)(=O)NC(C1CC1)C1CC1. The predicted molar refractivity (Wildman–Crippen MR) is 75.1 cm³/mol. The molecule has 6 heteroatoms. The van der Waals surface area contributed by atoms with E-state index in [0.29, 0.717) is 11.8 Å². The molecule has 110 valence electrons. The van der Waals surface area contributed by atoms with Crippen molar-refractivity contribution in [2.24, 2.45) is 11.8 Å². The lowest BCUT2D eigenvalue weighted by Gasteiger charge is -2.19. The fraction of sp³-hybridized carbons (Fsp3) is 0.571. The van der Waals surface area contributed by atoms with Crippen molar-refractivity contribution < 1.29 is 12.8 Å². The van der Waals surface area contributed by atoms with E-state index < -0.39 is 15.8 Å². The first kappa shape index (κ1) is 13.8. The molecule has 2 fully saturated rings. The summed E-state index contributed by atoms with van der Waals surface area (Å²) in [4.78, 5) is -0.0405. The lowest BCUT2D eigenvalue weighted by molar-refractivity contribution is 0.470. The van der Waals surface area contributed by atoms with Crippen molar-refractivity contribution in [1.82, 2.24) is 4.72 Å². The quantitative estimate of drug-likeness (QED) is 0.818. The molecule has 4 nitrogen and oxygen atoms in total. The van der Waals surface area contributed by atoms with Crippen LogP contribution in [0, 0.1) is 24.6 Å². The Hall–Kier alpha value is -1.14. The second-order valence-electron chi connectivity index (χ2n) is 5.95. The van der Waals surface area contributed by atoms with Crippen LogP contribution in [0.25, 0.3) is 0 Å². The first-order valence-electron chi connectivity index (χ1n) is 6.96. The minimum absolute atomic E-state index is 0.00360. The topological polar surface area (TPSA) is 72.2 Å². The molecule has 0 saturated heterocycles. The molecule has 1 aromatic carbocycles. The summed E-state index contributed by atoms with van der Waals surface area (Å²) in [6, 6.07) is 2.48. The molecule has 0 amide bonds. The van der Waals surface area contributed by atoms with E-state index in [1.165, 1.54) is 13.0 Å². The first-order chi connectivity index (χ1) is 9.38. The zero-order valence-electron chi connectivity index (χ0n) is 11.4. The third-order valence-electron chi connectivity index (χ3n) is 4.16. The lowest BCUT2D eigenvalue weighted by Crippen LogP contribution is -2.38. The number of hydrogen-bond donors (Lipinski definition) is 2. The third-order valence-corrected chi connectivity index (χ3v) is 5.75. The van der Waals surface area contributed by atoms with Crippen LogP contribution in [0.3, 0.4) is 0 Å². The van der Waals surface area contributed by atoms with Gasteiger partial charge in [0.05, 0.1) is 4.90 Å². The van der Waals surface area contributed by atoms with Crippen LogP contribution in [0.4, 0.5) is 10.1 Å². The number of rotatable bonds is 5. The fourth-order valence-electron chi connectivity index (χ4n) is 2.68. The largest absolute Gasteiger partial charge is 0.399 e. The Morgan fingerprint density at radius 2 is 1.80 bits per heavy atom. The average Bonchev–Trinajstić information content (AvgIpc) is 3.24. The van der Waals surface area contributed by atoms with Crippen molar-refractivity contribution >= 4 is 15.7 Å². The smallest absolute Gasteiger partial charge is 0.241 e. The second kappa shape index (κ2) is 4.70. The Morgan fingerprint density at radius 3 is 2.30 bits per heavy atom. The van der Waals surface area contributed by atoms with Crippen molar-refractivity contribution in [3.63, 3.8) is 0 Å². The summed E-state index contributed by atoms with van der Waals surface area (Å²) >= 11 is 0. The molecule has 1 aromatic rings. The van der Waals surface area contributed by atoms with Crippen molar-refractivity contribution in [3.05, 3.63) is 23.5 Å². The van der Waals surface area contributed by atoms with Crippen LogP contribution in [0.15, 0.2) is 17.0 Å². The van der Waals surface area contributed by atoms with Gasteiger partial charge < -0.3 is 5.73 Å². The molecule has 3 N–H and O–H groups in total.